The van der Waals surface area contributed by atoms with E-state index in [1.54, 1.807) is 17.9 Å². The first-order valence-corrected chi connectivity index (χ1v) is 7.01. The highest BCUT2D eigenvalue weighted by Gasteiger charge is 2.32. The van der Waals surface area contributed by atoms with E-state index in [1.165, 1.54) is 12.6 Å². The van der Waals surface area contributed by atoms with Crippen LogP contribution in [0.25, 0.3) is 0 Å². The van der Waals surface area contributed by atoms with Crippen molar-refractivity contribution in [2.24, 2.45) is 13.0 Å². The molecule has 0 radical (unpaired) electrons. The molecule has 106 valence electrons. The van der Waals surface area contributed by atoms with Crippen LogP contribution < -0.4 is 5.32 Å². The van der Waals surface area contributed by atoms with E-state index >= 15 is 0 Å². The quantitative estimate of drug-likeness (QED) is 0.866. The standard InChI is InChI=1S/C14H23N3O2/c1-3-11-4-6-14(19,7-5-11)10-15-13(18)12-8-16-17(2)9-12/h8-9,11,19H,3-7,10H2,1-2H3,(H,15,18). The molecule has 1 aliphatic rings. The van der Waals surface area contributed by atoms with Crippen LogP contribution in [0.4, 0.5) is 0 Å². The molecule has 0 aliphatic heterocycles. The summed E-state index contributed by atoms with van der Waals surface area (Å²) < 4.78 is 1.59. The van der Waals surface area contributed by atoms with Crippen LogP contribution >= 0.6 is 0 Å². The number of carbonyl (C=O) groups excluding carboxylic acids is 1. The van der Waals surface area contributed by atoms with Gasteiger partial charge in [-0.3, -0.25) is 9.48 Å². The summed E-state index contributed by atoms with van der Waals surface area (Å²) in [7, 11) is 1.77. The predicted octanol–water partition coefficient (Wildman–Crippen LogP) is 1.48. The zero-order chi connectivity index (χ0) is 13.9. The second-order valence-corrected chi connectivity index (χ2v) is 5.66. The van der Waals surface area contributed by atoms with Gasteiger partial charge >= 0.3 is 0 Å². The monoisotopic (exact) mass is 265 g/mol. The van der Waals surface area contributed by atoms with E-state index in [4.69, 9.17) is 0 Å². The first kappa shape index (κ1) is 14.1. The molecule has 1 saturated carbocycles. The maximum Gasteiger partial charge on any atom is 0.254 e. The molecule has 1 fully saturated rings. The van der Waals surface area contributed by atoms with Crippen molar-refractivity contribution in [1.82, 2.24) is 15.1 Å². The number of aromatic nitrogens is 2. The number of amides is 1. The molecule has 2 N–H and O–H groups in total. The van der Waals surface area contributed by atoms with Gasteiger partial charge in [-0.05, 0) is 31.6 Å². The van der Waals surface area contributed by atoms with E-state index < -0.39 is 5.60 Å². The fourth-order valence-electron chi connectivity index (χ4n) is 2.69. The SMILES string of the molecule is CCC1CCC(O)(CNC(=O)c2cnn(C)c2)CC1. The topological polar surface area (TPSA) is 67.2 Å². The van der Waals surface area contributed by atoms with E-state index in [9.17, 15) is 9.90 Å². The van der Waals surface area contributed by atoms with Gasteiger partial charge in [-0.2, -0.15) is 5.10 Å². The molecule has 1 aliphatic carbocycles. The van der Waals surface area contributed by atoms with E-state index in [1.807, 2.05) is 0 Å². The summed E-state index contributed by atoms with van der Waals surface area (Å²) in [5.41, 5.74) is -0.197. The van der Waals surface area contributed by atoms with Crippen molar-refractivity contribution >= 4 is 5.91 Å². The lowest BCUT2D eigenvalue weighted by molar-refractivity contribution is -0.00786. The van der Waals surface area contributed by atoms with Crippen molar-refractivity contribution < 1.29 is 9.90 Å². The minimum Gasteiger partial charge on any atom is -0.388 e. The summed E-state index contributed by atoms with van der Waals surface area (Å²) in [6.45, 7) is 2.52. The first-order valence-electron chi connectivity index (χ1n) is 7.01. The molecule has 1 amide bonds. The maximum absolute atomic E-state index is 11.9. The van der Waals surface area contributed by atoms with Gasteiger partial charge in [0, 0.05) is 19.8 Å². The molecule has 5 nitrogen and oxygen atoms in total. The Morgan fingerprint density at radius 2 is 2.26 bits per heavy atom. The molecular formula is C14H23N3O2. The molecule has 0 atom stereocenters. The highest BCUT2D eigenvalue weighted by molar-refractivity contribution is 5.93. The first-order chi connectivity index (χ1) is 9.02. The number of rotatable bonds is 4. The smallest absolute Gasteiger partial charge is 0.254 e. The molecule has 19 heavy (non-hydrogen) atoms. The maximum atomic E-state index is 11.9. The van der Waals surface area contributed by atoms with Gasteiger partial charge in [0.1, 0.15) is 0 Å². The van der Waals surface area contributed by atoms with Gasteiger partial charge in [-0.25, -0.2) is 0 Å². The molecule has 0 spiro atoms. The Morgan fingerprint density at radius 3 is 2.79 bits per heavy atom. The number of carbonyl (C=O) groups is 1. The molecule has 1 aromatic rings. The van der Waals surface area contributed by atoms with Gasteiger partial charge in [0.05, 0.1) is 17.4 Å². The Bertz CT molecular complexity index is 434. The van der Waals surface area contributed by atoms with Crippen molar-refractivity contribution in [3.8, 4) is 0 Å². The van der Waals surface area contributed by atoms with E-state index in [2.05, 4.69) is 17.3 Å². The number of aliphatic hydroxyl groups is 1. The molecule has 2 rings (SSSR count). The lowest BCUT2D eigenvalue weighted by Crippen LogP contribution is -2.45. The van der Waals surface area contributed by atoms with Crippen LogP contribution in [0.5, 0.6) is 0 Å². The number of nitrogens with zero attached hydrogens (tertiary/aromatic N) is 2. The van der Waals surface area contributed by atoms with Crippen molar-refractivity contribution in [3.63, 3.8) is 0 Å². The number of hydrogen-bond acceptors (Lipinski definition) is 3. The Hall–Kier alpha value is -1.36. The number of hydrogen-bond donors (Lipinski definition) is 2. The summed E-state index contributed by atoms with van der Waals surface area (Å²) in [6, 6.07) is 0. The van der Waals surface area contributed by atoms with Crippen molar-refractivity contribution in [1.29, 1.82) is 0 Å². The van der Waals surface area contributed by atoms with Crippen LogP contribution in [0, 0.1) is 5.92 Å². The van der Waals surface area contributed by atoms with Gasteiger partial charge in [-0.1, -0.05) is 13.3 Å². The Kier molecular flexibility index (Phi) is 4.24. The normalized spacial score (nSPS) is 27.2. The summed E-state index contributed by atoms with van der Waals surface area (Å²) in [4.78, 5) is 11.9. The molecule has 1 heterocycles. The third kappa shape index (κ3) is 3.56. The Balaban J connectivity index is 1.83. The average Bonchev–Trinajstić information content (AvgIpc) is 2.84. The van der Waals surface area contributed by atoms with Crippen molar-refractivity contribution in [2.45, 2.75) is 44.6 Å². The van der Waals surface area contributed by atoms with Crippen LogP contribution in [0.15, 0.2) is 12.4 Å². The van der Waals surface area contributed by atoms with E-state index in [0.29, 0.717) is 12.1 Å². The predicted molar refractivity (Wildman–Crippen MR) is 72.7 cm³/mol. The van der Waals surface area contributed by atoms with Crippen LogP contribution in [0.1, 0.15) is 49.4 Å². The highest BCUT2D eigenvalue weighted by Crippen LogP contribution is 2.33. The summed E-state index contributed by atoms with van der Waals surface area (Å²) in [5.74, 6) is 0.563. The number of nitrogens with one attached hydrogen (secondary N) is 1. The lowest BCUT2D eigenvalue weighted by Gasteiger charge is -2.35. The molecule has 1 aromatic heterocycles. The van der Waals surface area contributed by atoms with Crippen LogP contribution in [-0.2, 0) is 7.05 Å². The van der Waals surface area contributed by atoms with Gasteiger partial charge in [0.15, 0.2) is 0 Å². The zero-order valence-electron chi connectivity index (χ0n) is 11.7. The molecule has 0 bridgehead atoms. The molecule has 0 aromatic carbocycles. The minimum atomic E-state index is -0.733. The third-order valence-corrected chi connectivity index (χ3v) is 4.16. The summed E-state index contributed by atoms with van der Waals surface area (Å²) in [5, 5.41) is 17.2. The van der Waals surface area contributed by atoms with Crippen LogP contribution in [0.3, 0.4) is 0 Å². The Labute approximate surface area is 114 Å². The van der Waals surface area contributed by atoms with Crippen molar-refractivity contribution in [2.75, 3.05) is 6.54 Å². The average molecular weight is 265 g/mol. The zero-order valence-corrected chi connectivity index (χ0v) is 11.7. The highest BCUT2D eigenvalue weighted by atomic mass is 16.3. The fourth-order valence-corrected chi connectivity index (χ4v) is 2.69. The largest absolute Gasteiger partial charge is 0.388 e. The second-order valence-electron chi connectivity index (χ2n) is 5.66. The lowest BCUT2D eigenvalue weighted by atomic mass is 9.78. The fraction of sp³-hybridized carbons (Fsp3) is 0.714. The van der Waals surface area contributed by atoms with Crippen molar-refractivity contribution in [3.05, 3.63) is 18.0 Å². The van der Waals surface area contributed by atoms with Gasteiger partial charge in [0.25, 0.3) is 5.91 Å². The van der Waals surface area contributed by atoms with Gasteiger partial charge in [0.2, 0.25) is 0 Å². The minimum absolute atomic E-state index is 0.167. The van der Waals surface area contributed by atoms with Crippen LogP contribution in [-0.4, -0.2) is 32.9 Å². The van der Waals surface area contributed by atoms with E-state index in [-0.39, 0.29) is 5.91 Å². The van der Waals surface area contributed by atoms with E-state index in [0.717, 1.165) is 31.6 Å². The molecule has 0 saturated heterocycles. The summed E-state index contributed by atoms with van der Waals surface area (Å²) >= 11 is 0. The number of aryl methyl sites for hydroxylation is 1. The van der Waals surface area contributed by atoms with Gasteiger partial charge in [-0.15, -0.1) is 0 Å². The molecule has 0 unspecified atom stereocenters. The van der Waals surface area contributed by atoms with Gasteiger partial charge < -0.3 is 10.4 Å². The molecule has 5 heteroatoms. The van der Waals surface area contributed by atoms with Crippen LogP contribution in [0.2, 0.25) is 0 Å². The Morgan fingerprint density at radius 1 is 1.58 bits per heavy atom. The molecular weight excluding hydrogens is 242 g/mol. The summed E-state index contributed by atoms with van der Waals surface area (Å²) in [6.07, 6.45) is 8.04. The second kappa shape index (κ2) is 5.74. The third-order valence-electron chi connectivity index (χ3n) is 4.16.